The molecule has 0 amide bonds. The van der Waals surface area contributed by atoms with Gasteiger partial charge in [0.15, 0.2) is 0 Å². The summed E-state index contributed by atoms with van der Waals surface area (Å²) in [7, 11) is 0. The quantitative estimate of drug-likeness (QED) is 0.394. The van der Waals surface area contributed by atoms with Gasteiger partial charge in [-0.15, -0.1) is 0 Å². The maximum absolute atomic E-state index is 11.3. The van der Waals surface area contributed by atoms with Crippen molar-refractivity contribution in [2.45, 2.75) is 26.2 Å². The number of hydrogen-bond donors (Lipinski definition) is 2. The van der Waals surface area contributed by atoms with Crippen LogP contribution in [0.2, 0.25) is 0 Å². The number of carboxylic acids is 2. The number of rotatable bonds is 4. The van der Waals surface area contributed by atoms with E-state index in [1.807, 2.05) is 19.1 Å². The molecule has 2 N–H and O–H groups in total. The molecule has 2 rings (SSSR count). The zero-order valence-corrected chi connectivity index (χ0v) is 12.7. The summed E-state index contributed by atoms with van der Waals surface area (Å²) >= 11 is 0. The fourth-order valence-corrected chi connectivity index (χ4v) is 3.39. The molecule has 2 aliphatic rings. The van der Waals surface area contributed by atoms with E-state index in [2.05, 4.69) is 0 Å². The average Bonchev–Trinajstić information content (AvgIpc) is 2.82. The summed E-state index contributed by atoms with van der Waals surface area (Å²) in [5.41, 5.74) is -0.517. The van der Waals surface area contributed by atoms with E-state index in [1.165, 1.54) is 0 Å². The largest absolute Gasteiger partial charge is 1.00 e. The smallest absolute Gasteiger partial charge is 1.00 e. The van der Waals surface area contributed by atoms with E-state index in [0.717, 1.165) is 25.3 Å². The Kier molecular flexibility index (Phi) is 4.81. The molecule has 3 unspecified atom stereocenters. The van der Waals surface area contributed by atoms with Crippen LogP contribution in [0.3, 0.4) is 0 Å². The molecule has 4 nitrogen and oxygen atoms in total. The summed E-state index contributed by atoms with van der Waals surface area (Å²) in [5.74, 6) is -1.64. The van der Waals surface area contributed by atoms with Gasteiger partial charge in [-0.05, 0) is 24.7 Å². The van der Waals surface area contributed by atoms with Crippen molar-refractivity contribution < 1.29 is 50.8 Å². The third-order valence-electron chi connectivity index (χ3n) is 4.07. The maximum Gasteiger partial charge on any atom is 1.00 e. The van der Waals surface area contributed by atoms with E-state index in [4.69, 9.17) is 5.11 Å². The van der Waals surface area contributed by atoms with Gasteiger partial charge < -0.3 is 11.6 Å². The van der Waals surface area contributed by atoms with E-state index in [0.29, 0.717) is 5.92 Å². The molecule has 18 heavy (non-hydrogen) atoms. The third-order valence-corrected chi connectivity index (χ3v) is 4.07. The second-order valence-corrected chi connectivity index (χ2v) is 4.91. The minimum atomic E-state index is -1.18. The molecule has 2 bridgehead atoms. The van der Waals surface area contributed by atoms with Crippen LogP contribution in [-0.2, 0) is 9.59 Å². The molecule has 3 atom stereocenters. The fraction of sp³-hybridized carbons (Fsp3) is 0.538. The van der Waals surface area contributed by atoms with Crippen LogP contribution in [0.1, 0.15) is 27.6 Å². The second-order valence-electron chi connectivity index (χ2n) is 4.91. The number of aliphatic carboxylic acids is 2. The van der Waals surface area contributed by atoms with Gasteiger partial charge in [0.25, 0.3) is 0 Å². The van der Waals surface area contributed by atoms with Gasteiger partial charge in [0.2, 0.25) is 0 Å². The normalized spacial score (nSPS) is 33.3. The van der Waals surface area contributed by atoms with E-state index in [-0.39, 0.29) is 42.5 Å². The Morgan fingerprint density at radius 1 is 1.50 bits per heavy atom. The predicted octanol–water partition coefficient (Wildman–Crippen LogP) is -0.809. The van der Waals surface area contributed by atoms with Crippen LogP contribution in [0.4, 0.5) is 0 Å². The van der Waals surface area contributed by atoms with E-state index >= 15 is 0 Å². The van der Waals surface area contributed by atoms with Crippen molar-refractivity contribution in [3.63, 3.8) is 0 Å². The Balaban J connectivity index is 0.00000162. The minimum Gasteiger partial charge on any atom is -1.00 e. The zero-order valence-electron chi connectivity index (χ0n) is 11.7. The van der Waals surface area contributed by atoms with Crippen molar-refractivity contribution in [2.24, 2.45) is 17.3 Å². The van der Waals surface area contributed by atoms with Gasteiger partial charge in [-0.1, -0.05) is 25.5 Å². The molecule has 94 valence electrons. The van der Waals surface area contributed by atoms with Gasteiger partial charge in [0.1, 0.15) is 0 Å². The van der Waals surface area contributed by atoms with Crippen LogP contribution >= 0.6 is 0 Å². The first-order valence-electron chi connectivity index (χ1n) is 5.87. The molecule has 0 aromatic carbocycles. The molecule has 1 fully saturated rings. The SMILES string of the molecule is CCC1CC2C=CC1(/C(=C/C(=O)O)C(=O)O)C2.[H-].[Na+]. The standard InChI is InChI=1S/C13H16O4.Na.H/c1-2-9-5-8-3-4-13(9,7-8)10(12(16)17)6-11(14)15;;/h3-4,6,8-9H,2,5,7H2,1H3,(H,14,15)(H,16,17);;/q;+1;-1/b10-6+;;. The Hall–Kier alpha value is -0.580. The van der Waals surface area contributed by atoms with Gasteiger partial charge in [0, 0.05) is 11.5 Å². The maximum atomic E-state index is 11.3. The van der Waals surface area contributed by atoms with Crippen molar-refractivity contribution in [3.05, 3.63) is 23.8 Å². The number of allylic oxidation sites excluding steroid dienone is 2. The van der Waals surface area contributed by atoms with Crippen molar-refractivity contribution in [2.75, 3.05) is 0 Å². The van der Waals surface area contributed by atoms with Gasteiger partial charge in [-0.3, -0.25) is 0 Å². The number of fused-ring (bicyclic) bond motifs is 2. The summed E-state index contributed by atoms with van der Waals surface area (Å²) in [6.07, 6.45) is 7.41. The first-order valence-corrected chi connectivity index (χ1v) is 5.87. The Morgan fingerprint density at radius 3 is 2.61 bits per heavy atom. The first-order chi connectivity index (χ1) is 7.99. The Bertz CT molecular complexity index is 432. The van der Waals surface area contributed by atoms with Gasteiger partial charge in [-0.25, -0.2) is 9.59 Å². The van der Waals surface area contributed by atoms with Crippen LogP contribution in [-0.4, -0.2) is 22.2 Å². The van der Waals surface area contributed by atoms with Crippen LogP contribution in [0.25, 0.3) is 0 Å². The molecule has 1 saturated carbocycles. The average molecular weight is 260 g/mol. The molecule has 0 aromatic rings. The van der Waals surface area contributed by atoms with Gasteiger partial charge in [-0.2, -0.15) is 0 Å². The van der Waals surface area contributed by atoms with E-state index in [1.54, 1.807) is 0 Å². The molecule has 0 radical (unpaired) electrons. The number of carboxylic acid groups (broad SMARTS) is 2. The molecule has 0 aromatic heterocycles. The zero-order chi connectivity index (χ0) is 12.6. The first kappa shape index (κ1) is 15.5. The van der Waals surface area contributed by atoms with Gasteiger partial charge in [0.05, 0.1) is 5.57 Å². The van der Waals surface area contributed by atoms with Crippen LogP contribution in [0.15, 0.2) is 23.8 Å². The van der Waals surface area contributed by atoms with Crippen LogP contribution in [0, 0.1) is 17.3 Å². The van der Waals surface area contributed by atoms with Crippen LogP contribution in [0.5, 0.6) is 0 Å². The van der Waals surface area contributed by atoms with Crippen molar-refractivity contribution in [1.29, 1.82) is 0 Å². The summed E-state index contributed by atoms with van der Waals surface area (Å²) in [5, 5.41) is 18.1. The third kappa shape index (κ3) is 2.42. The summed E-state index contributed by atoms with van der Waals surface area (Å²) in [6.45, 7) is 2.03. The fourth-order valence-electron chi connectivity index (χ4n) is 3.39. The van der Waals surface area contributed by atoms with Crippen molar-refractivity contribution >= 4 is 11.9 Å². The molecular weight excluding hydrogens is 243 g/mol. The number of carbonyl (C=O) groups is 2. The molecule has 0 saturated heterocycles. The summed E-state index contributed by atoms with van der Waals surface area (Å²) in [6, 6.07) is 0. The second kappa shape index (κ2) is 5.59. The Labute approximate surface area is 130 Å². The molecule has 0 spiro atoms. The number of hydrogen-bond acceptors (Lipinski definition) is 2. The predicted molar refractivity (Wildman–Crippen MR) is 62.5 cm³/mol. The molecule has 5 heteroatoms. The van der Waals surface area contributed by atoms with E-state index in [9.17, 15) is 14.7 Å². The molecule has 0 aliphatic heterocycles. The van der Waals surface area contributed by atoms with Crippen molar-refractivity contribution in [3.8, 4) is 0 Å². The van der Waals surface area contributed by atoms with Gasteiger partial charge >= 0.3 is 41.5 Å². The molecule has 0 heterocycles. The topological polar surface area (TPSA) is 74.6 Å². The molecular formula is C13H17NaO4. The van der Waals surface area contributed by atoms with Crippen molar-refractivity contribution in [1.82, 2.24) is 0 Å². The summed E-state index contributed by atoms with van der Waals surface area (Å²) in [4.78, 5) is 22.1. The van der Waals surface area contributed by atoms with Crippen LogP contribution < -0.4 is 29.6 Å². The summed E-state index contributed by atoms with van der Waals surface area (Å²) < 4.78 is 0. The molecule has 2 aliphatic carbocycles. The minimum absolute atomic E-state index is 0. The Morgan fingerprint density at radius 2 is 2.17 bits per heavy atom. The monoisotopic (exact) mass is 260 g/mol. The van der Waals surface area contributed by atoms with E-state index < -0.39 is 17.4 Å².